The van der Waals surface area contributed by atoms with Crippen molar-refractivity contribution in [2.24, 2.45) is 0 Å². The number of carboxylic acid groups (broad SMARTS) is 1. The molecule has 0 atom stereocenters. The Bertz CT molecular complexity index is 666. The molecule has 6 heteroatoms. The first-order chi connectivity index (χ1) is 9.29. The van der Waals surface area contributed by atoms with Crippen LogP contribution in [0.15, 0.2) is 42.5 Å². The van der Waals surface area contributed by atoms with Crippen molar-refractivity contribution in [2.45, 2.75) is 6.18 Å². The fraction of sp³-hybridized carbons (Fsp3) is 0.0714. The van der Waals surface area contributed by atoms with E-state index in [4.69, 9.17) is 16.7 Å². The van der Waals surface area contributed by atoms with Gasteiger partial charge in [-0.2, -0.15) is 13.2 Å². The normalized spacial score (nSPS) is 11.4. The molecule has 2 rings (SSSR count). The Morgan fingerprint density at radius 2 is 1.80 bits per heavy atom. The standard InChI is InChI=1S/C14H8ClF3O2/c15-12-5-4-9(13(19)20)7-11(12)8-2-1-3-10(6-8)14(16,17)18/h1-7H,(H,19,20). The van der Waals surface area contributed by atoms with Crippen LogP contribution in [-0.4, -0.2) is 11.1 Å². The second kappa shape index (κ2) is 5.17. The molecule has 0 unspecified atom stereocenters. The van der Waals surface area contributed by atoms with Crippen molar-refractivity contribution in [2.75, 3.05) is 0 Å². The number of halogens is 4. The van der Waals surface area contributed by atoms with Gasteiger partial charge in [-0.05, 0) is 35.9 Å². The Labute approximate surface area is 117 Å². The molecule has 2 aromatic carbocycles. The van der Waals surface area contributed by atoms with Crippen LogP contribution in [0.4, 0.5) is 13.2 Å². The van der Waals surface area contributed by atoms with E-state index >= 15 is 0 Å². The average molecular weight is 301 g/mol. The zero-order valence-electron chi connectivity index (χ0n) is 9.91. The molecule has 0 aliphatic heterocycles. The van der Waals surface area contributed by atoms with E-state index in [0.29, 0.717) is 0 Å². The van der Waals surface area contributed by atoms with Crippen LogP contribution in [0.3, 0.4) is 0 Å². The van der Waals surface area contributed by atoms with E-state index in [9.17, 15) is 18.0 Å². The largest absolute Gasteiger partial charge is 0.478 e. The Balaban J connectivity index is 2.57. The third kappa shape index (κ3) is 2.93. The van der Waals surface area contributed by atoms with E-state index in [0.717, 1.165) is 12.1 Å². The molecule has 2 aromatic rings. The topological polar surface area (TPSA) is 37.3 Å². The van der Waals surface area contributed by atoms with Gasteiger partial charge in [0.2, 0.25) is 0 Å². The first-order valence-corrected chi connectivity index (χ1v) is 5.87. The fourth-order valence-electron chi connectivity index (χ4n) is 1.74. The fourth-order valence-corrected chi connectivity index (χ4v) is 1.97. The number of alkyl halides is 3. The number of hydrogen-bond donors (Lipinski definition) is 1. The average Bonchev–Trinajstić information content (AvgIpc) is 2.38. The van der Waals surface area contributed by atoms with E-state index in [-0.39, 0.29) is 21.7 Å². The monoisotopic (exact) mass is 300 g/mol. The van der Waals surface area contributed by atoms with Gasteiger partial charge in [0.05, 0.1) is 11.1 Å². The molecule has 104 valence electrons. The Morgan fingerprint density at radius 1 is 1.10 bits per heavy atom. The Kier molecular flexibility index (Phi) is 3.72. The number of carboxylic acids is 1. The number of benzene rings is 2. The zero-order chi connectivity index (χ0) is 14.9. The zero-order valence-corrected chi connectivity index (χ0v) is 10.7. The number of aromatic carboxylic acids is 1. The minimum atomic E-state index is -4.47. The lowest BCUT2D eigenvalue weighted by atomic mass is 10.0. The van der Waals surface area contributed by atoms with Gasteiger partial charge < -0.3 is 5.11 Å². The molecule has 0 amide bonds. The summed E-state index contributed by atoms with van der Waals surface area (Å²) in [7, 11) is 0. The molecule has 0 saturated carbocycles. The highest BCUT2D eigenvalue weighted by atomic mass is 35.5. The highest BCUT2D eigenvalue weighted by Crippen LogP contribution is 2.34. The first-order valence-electron chi connectivity index (χ1n) is 5.49. The summed E-state index contributed by atoms with van der Waals surface area (Å²) in [4.78, 5) is 10.9. The van der Waals surface area contributed by atoms with Crippen LogP contribution in [-0.2, 0) is 6.18 Å². The van der Waals surface area contributed by atoms with Crippen LogP contribution in [0.1, 0.15) is 15.9 Å². The van der Waals surface area contributed by atoms with Gasteiger partial charge in [0.25, 0.3) is 0 Å². The molecule has 0 saturated heterocycles. The summed E-state index contributed by atoms with van der Waals surface area (Å²) in [5.41, 5.74) is -0.390. The highest BCUT2D eigenvalue weighted by molar-refractivity contribution is 6.33. The van der Waals surface area contributed by atoms with E-state index in [2.05, 4.69) is 0 Å². The molecule has 0 aromatic heterocycles. The van der Waals surface area contributed by atoms with Crippen molar-refractivity contribution >= 4 is 17.6 Å². The van der Waals surface area contributed by atoms with E-state index in [1.807, 2.05) is 0 Å². The molecule has 0 spiro atoms. The summed E-state index contributed by atoms with van der Waals surface area (Å²) in [6.07, 6.45) is -4.47. The second-order valence-electron chi connectivity index (χ2n) is 4.08. The molecule has 0 bridgehead atoms. The van der Waals surface area contributed by atoms with Crippen LogP contribution in [0.2, 0.25) is 5.02 Å². The molecule has 0 heterocycles. The van der Waals surface area contributed by atoms with Crippen molar-refractivity contribution in [3.8, 4) is 11.1 Å². The quantitative estimate of drug-likeness (QED) is 0.871. The Morgan fingerprint density at radius 3 is 2.40 bits per heavy atom. The van der Waals surface area contributed by atoms with Gasteiger partial charge in [0, 0.05) is 10.6 Å². The van der Waals surface area contributed by atoms with Gasteiger partial charge in [0.1, 0.15) is 0 Å². The van der Waals surface area contributed by atoms with Crippen molar-refractivity contribution in [1.82, 2.24) is 0 Å². The molecule has 0 aliphatic carbocycles. The molecule has 0 radical (unpaired) electrons. The van der Waals surface area contributed by atoms with Crippen LogP contribution in [0, 0.1) is 0 Å². The predicted molar refractivity (Wildman–Crippen MR) is 68.8 cm³/mol. The summed E-state index contributed by atoms with van der Waals surface area (Å²) in [5.74, 6) is -1.17. The van der Waals surface area contributed by atoms with Crippen LogP contribution < -0.4 is 0 Å². The molecule has 20 heavy (non-hydrogen) atoms. The lowest BCUT2D eigenvalue weighted by molar-refractivity contribution is -0.137. The minimum absolute atomic E-state index is 0.0400. The smallest absolute Gasteiger partial charge is 0.416 e. The summed E-state index contributed by atoms with van der Waals surface area (Å²) in [6, 6.07) is 8.47. The lowest BCUT2D eigenvalue weighted by Gasteiger charge is -2.10. The molecule has 1 N–H and O–H groups in total. The SMILES string of the molecule is O=C(O)c1ccc(Cl)c(-c2cccc(C(F)(F)F)c2)c1. The van der Waals surface area contributed by atoms with E-state index < -0.39 is 17.7 Å². The third-order valence-electron chi connectivity index (χ3n) is 2.71. The van der Waals surface area contributed by atoms with Crippen molar-refractivity contribution < 1.29 is 23.1 Å². The molecule has 0 fully saturated rings. The highest BCUT2D eigenvalue weighted by Gasteiger charge is 2.30. The van der Waals surface area contributed by atoms with Crippen molar-refractivity contribution in [3.05, 3.63) is 58.6 Å². The summed E-state index contributed by atoms with van der Waals surface area (Å²) in [5, 5.41) is 9.10. The van der Waals surface area contributed by atoms with Crippen molar-refractivity contribution in [1.29, 1.82) is 0 Å². The van der Waals surface area contributed by atoms with Gasteiger partial charge in [-0.25, -0.2) is 4.79 Å². The predicted octanol–water partition coefficient (Wildman–Crippen LogP) is 4.72. The minimum Gasteiger partial charge on any atom is -0.478 e. The van der Waals surface area contributed by atoms with Gasteiger partial charge in [0.15, 0.2) is 0 Å². The second-order valence-corrected chi connectivity index (χ2v) is 4.49. The molecular formula is C14H8ClF3O2. The van der Waals surface area contributed by atoms with Crippen LogP contribution >= 0.6 is 11.6 Å². The molecule has 0 aliphatic rings. The lowest BCUT2D eigenvalue weighted by Crippen LogP contribution is -2.04. The maximum atomic E-state index is 12.7. The van der Waals surface area contributed by atoms with Crippen molar-refractivity contribution in [3.63, 3.8) is 0 Å². The van der Waals surface area contributed by atoms with E-state index in [1.165, 1.54) is 30.3 Å². The first kappa shape index (κ1) is 14.4. The van der Waals surface area contributed by atoms with Gasteiger partial charge in [-0.15, -0.1) is 0 Å². The summed E-state index contributed by atoms with van der Waals surface area (Å²) < 4.78 is 38.0. The van der Waals surface area contributed by atoms with Crippen LogP contribution in [0.5, 0.6) is 0 Å². The maximum Gasteiger partial charge on any atom is 0.416 e. The maximum absolute atomic E-state index is 12.7. The Hall–Kier alpha value is -2.01. The summed E-state index contributed by atoms with van der Waals surface area (Å²) >= 11 is 5.93. The third-order valence-corrected chi connectivity index (χ3v) is 3.04. The van der Waals surface area contributed by atoms with Gasteiger partial charge >= 0.3 is 12.1 Å². The summed E-state index contributed by atoms with van der Waals surface area (Å²) in [6.45, 7) is 0. The van der Waals surface area contributed by atoms with Crippen LogP contribution in [0.25, 0.3) is 11.1 Å². The van der Waals surface area contributed by atoms with Gasteiger partial charge in [-0.1, -0.05) is 23.7 Å². The number of rotatable bonds is 2. The number of hydrogen-bond acceptors (Lipinski definition) is 1. The van der Waals surface area contributed by atoms with Gasteiger partial charge in [-0.3, -0.25) is 0 Å². The number of carbonyl (C=O) groups is 1. The molecule has 2 nitrogen and oxygen atoms in total. The molecular weight excluding hydrogens is 293 g/mol. The van der Waals surface area contributed by atoms with E-state index in [1.54, 1.807) is 0 Å².